The molecule has 1 aromatic rings. The van der Waals surface area contributed by atoms with Crippen LogP contribution in [0, 0.1) is 5.92 Å². The van der Waals surface area contributed by atoms with Crippen LogP contribution < -0.4 is 0 Å². The zero-order valence-electron chi connectivity index (χ0n) is 9.41. The Kier molecular flexibility index (Phi) is 3.47. The molecule has 0 saturated heterocycles. The second-order valence-electron chi connectivity index (χ2n) is 5.02. The first-order valence-corrected chi connectivity index (χ1v) is 6.81. The predicted molar refractivity (Wildman–Crippen MR) is 65.2 cm³/mol. The summed E-state index contributed by atoms with van der Waals surface area (Å²) in [6.07, 6.45) is 6.47. The van der Waals surface area contributed by atoms with E-state index in [9.17, 15) is 5.11 Å². The molecule has 84 valence electrons. The van der Waals surface area contributed by atoms with Gasteiger partial charge in [-0.05, 0) is 36.6 Å². The van der Waals surface area contributed by atoms with Crippen molar-refractivity contribution < 1.29 is 5.11 Å². The topological polar surface area (TPSA) is 20.2 Å². The minimum Gasteiger partial charge on any atom is -0.390 e. The third-order valence-electron chi connectivity index (χ3n) is 3.52. The van der Waals surface area contributed by atoms with Crippen molar-refractivity contribution >= 4 is 11.3 Å². The Morgan fingerprint density at radius 3 is 3.07 bits per heavy atom. The molecule has 1 fully saturated rings. The first-order chi connectivity index (χ1) is 7.18. The van der Waals surface area contributed by atoms with E-state index in [-0.39, 0.29) is 0 Å². The fourth-order valence-corrected chi connectivity index (χ4v) is 3.32. The van der Waals surface area contributed by atoms with Crippen LogP contribution in [0.4, 0.5) is 0 Å². The van der Waals surface area contributed by atoms with E-state index >= 15 is 0 Å². The van der Waals surface area contributed by atoms with Gasteiger partial charge in [0.15, 0.2) is 0 Å². The van der Waals surface area contributed by atoms with Crippen molar-refractivity contribution in [1.82, 2.24) is 0 Å². The third kappa shape index (κ3) is 3.05. The van der Waals surface area contributed by atoms with Crippen LogP contribution in [0.3, 0.4) is 0 Å². The van der Waals surface area contributed by atoms with E-state index in [4.69, 9.17) is 0 Å². The van der Waals surface area contributed by atoms with Crippen LogP contribution in [0.5, 0.6) is 0 Å². The molecule has 1 saturated carbocycles. The van der Waals surface area contributed by atoms with Crippen molar-refractivity contribution in [3.05, 3.63) is 22.4 Å². The monoisotopic (exact) mass is 224 g/mol. The van der Waals surface area contributed by atoms with Crippen LogP contribution in [0.15, 0.2) is 17.5 Å². The summed E-state index contributed by atoms with van der Waals surface area (Å²) in [6.45, 7) is 2.30. The van der Waals surface area contributed by atoms with Gasteiger partial charge in [-0.25, -0.2) is 0 Å². The van der Waals surface area contributed by atoms with Crippen molar-refractivity contribution in [2.24, 2.45) is 5.92 Å². The van der Waals surface area contributed by atoms with Crippen molar-refractivity contribution in [2.45, 2.75) is 51.0 Å². The van der Waals surface area contributed by atoms with E-state index in [1.807, 2.05) is 0 Å². The smallest absolute Gasteiger partial charge is 0.0696 e. The van der Waals surface area contributed by atoms with Crippen molar-refractivity contribution in [3.8, 4) is 0 Å². The summed E-state index contributed by atoms with van der Waals surface area (Å²) in [5, 5.41) is 12.6. The van der Waals surface area contributed by atoms with E-state index in [1.165, 1.54) is 24.1 Å². The predicted octanol–water partition coefficient (Wildman–Crippen LogP) is 3.62. The normalized spacial score (nSPS) is 32.5. The molecule has 0 spiro atoms. The van der Waals surface area contributed by atoms with Crippen LogP contribution in [-0.4, -0.2) is 10.7 Å². The molecular weight excluding hydrogens is 204 g/mol. The van der Waals surface area contributed by atoms with Crippen LogP contribution in [0.2, 0.25) is 0 Å². The lowest BCUT2D eigenvalue weighted by molar-refractivity contribution is 0.0251. The summed E-state index contributed by atoms with van der Waals surface area (Å²) in [7, 11) is 0. The summed E-state index contributed by atoms with van der Waals surface area (Å²) in [5.41, 5.74) is -0.421. The zero-order chi connectivity index (χ0) is 10.7. The van der Waals surface area contributed by atoms with Gasteiger partial charge in [0.05, 0.1) is 5.60 Å². The Balaban J connectivity index is 1.99. The highest BCUT2D eigenvalue weighted by Gasteiger charge is 2.30. The first-order valence-electron chi connectivity index (χ1n) is 5.93. The van der Waals surface area contributed by atoms with Gasteiger partial charge in [-0.2, -0.15) is 0 Å². The molecule has 1 aromatic heterocycles. The Hall–Kier alpha value is -0.340. The van der Waals surface area contributed by atoms with Gasteiger partial charge in [0.25, 0.3) is 0 Å². The minimum absolute atomic E-state index is 0.421. The zero-order valence-corrected chi connectivity index (χ0v) is 10.2. The number of aliphatic hydroxyl groups is 1. The van der Waals surface area contributed by atoms with Crippen molar-refractivity contribution in [3.63, 3.8) is 0 Å². The second kappa shape index (κ2) is 4.67. The summed E-state index contributed by atoms with van der Waals surface area (Å²) in [4.78, 5) is 1.33. The molecule has 1 nitrogen and oxygen atoms in total. The molecule has 0 aliphatic heterocycles. The maximum Gasteiger partial charge on any atom is 0.0696 e. The highest BCUT2D eigenvalue weighted by Crippen LogP contribution is 2.33. The van der Waals surface area contributed by atoms with E-state index in [0.717, 1.165) is 25.2 Å². The second-order valence-corrected chi connectivity index (χ2v) is 6.05. The molecule has 0 bridgehead atoms. The van der Waals surface area contributed by atoms with Gasteiger partial charge in [-0.1, -0.05) is 25.8 Å². The molecule has 1 N–H and O–H groups in total. The summed E-state index contributed by atoms with van der Waals surface area (Å²) in [5.74, 6) is 0.794. The molecule has 2 rings (SSSR count). The molecule has 2 atom stereocenters. The maximum atomic E-state index is 10.5. The van der Waals surface area contributed by atoms with Gasteiger partial charge in [0.2, 0.25) is 0 Å². The number of rotatable bonds is 2. The lowest BCUT2D eigenvalue weighted by Gasteiger charge is -2.26. The minimum atomic E-state index is -0.421. The molecule has 0 amide bonds. The fraction of sp³-hybridized carbons (Fsp3) is 0.692. The Labute approximate surface area is 96.1 Å². The quantitative estimate of drug-likeness (QED) is 0.761. The highest BCUT2D eigenvalue weighted by atomic mass is 32.1. The van der Waals surface area contributed by atoms with Crippen molar-refractivity contribution in [2.75, 3.05) is 0 Å². The standard InChI is InChI=1S/C13H20OS/c1-11-4-2-7-13(14,8-6-11)10-12-5-3-9-15-12/h3,5,9,11,14H,2,4,6-8,10H2,1H3. The van der Waals surface area contributed by atoms with Crippen molar-refractivity contribution in [1.29, 1.82) is 0 Å². The number of thiophene rings is 1. The molecule has 2 unspecified atom stereocenters. The molecule has 15 heavy (non-hydrogen) atoms. The lowest BCUT2D eigenvalue weighted by Crippen LogP contribution is -2.30. The molecule has 2 heteroatoms. The third-order valence-corrected chi connectivity index (χ3v) is 4.40. The van der Waals surface area contributed by atoms with E-state index in [2.05, 4.69) is 24.4 Å². The van der Waals surface area contributed by atoms with E-state index < -0.39 is 5.60 Å². The Morgan fingerprint density at radius 1 is 1.47 bits per heavy atom. The Morgan fingerprint density at radius 2 is 2.33 bits per heavy atom. The molecule has 0 radical (unpaired) electrons. The Bertz CT molecular complexity index is 293. The van der Waals surface area contributed by atoms with Gasteiger partial charge >= 0.3 is 0 Å². The van der Waals surface area contributed by atoms with Gasteiger partial charge in [0.1, 0.15) is 0 Å². The average molecular weight is 224 g/mol. The maximum absolute atomic E-state index is 10.5. The van der Waals surface area contributed by atoms with Crippen LogP contribution in [0.1, 0.15) is 43.9 Å². The SMILES string of the molecule is CC1CCCC(O)(Cc2cccs2)CC1. The van der Waals surface area contributed by atoms with Crippen LogP contribution >= 0.6 is 11.3 Å². The summed E-state index contributed by atoms with van der Waals surface area (Å²) in [6, 6.07) is 4.21. The summed E-state index contributed by atoms with van der Waals surface area (Å²) < 4.78 is 0. The van der Waals surface area contributed by atoms with E-state index in [1.54, 1.807) is 11.3 Å². The highest BCUT2D eigenvalue weighted by molar-refractivity contribution is 7.09. The molecular formula is C13H20OS. The molecule has 1 aliphatic carbocycles. The average Bonchev–Trinajstić information content (AvgIpc) is 2.61. The largest absolute Gasteiger partial charge is 0.390 e. The lowest BCUT2D eigenvalue weighted by atomic mass is 9.90. The molecule has 1 aliphatic rings. The summed E-state index contributed by atoms with van der Waals surface area (Å²) >= 11 is 1.76. The van der Waals surface area contributed by atoms with Crippen LogP contribution in [0.25, 0.3) is 0 Å². The fourth-order valence-electron chi connectivity index (χ4n) is 2.48. The van der Waals surface area contributed by atoms with Gasteiger partial charge in [0, 0.05) is 11.3 Å². The first kappa shape index (κ1) is 11.2. The number of hydrogen-bond acceptors (Lipinski definition) is 2. The van der Waals surface area contributed by atoms with Gasteiger partial charge in [-0.3, -0.25) is 0 Å². The van der Waals surface area contributed by atoms with Gasteiger partial charge in [-0.15, -0.1) is 11.3 Å². The molecule has 1 heterocycles. The van der Waals surface area contributed by atoms with E-state index in [0.29, 0.717) is 0 Å². The van der Waals surface area contributed by atoms with Crippen LogP contribution in [-0.2, 0) is 6.42 Å². The number of hydrogen-bond donors (Lipinski definition) is 1. The molecule has 0 aromatic carbocycles. The van der Waals surface area contributed by atoms with Gasteiger partial charge < -0.3 is 5.11 Å².